The van der Waals surface area contributed by atoms with Crippen LogP contribution in [0.2, 0.25) is 0 Å². The second kappa shape index (κ2) is 4.45. The van der Waals surface area contributed by atoms with Crippen molar-refractivity contribution in [3.05, 3.63) is 29.1 Å². The van der Waals surface area contributed by atoms with Crippen LogP contribution in [0.15, 0.2) is 12.3 Å². The number of pyridine rings is 1. The van der Waals surface area contributed by atoms with E-state index in [1.54, 1.807) is 0 Å². The van der Waals surface area contributed by atoms with Gasteiger partial charge in [-0.05, 0) is 11.6 Å². The van der Waals surface area contributed by atoms with Crippen LogP contribution in [-0.4, -0.2) is 10.9 Å². The van der Waals surface area contributed by atoms with E-state index in [-0.39, 0.29) is 16.6 Å². The number of nitrogens with two attached hydrogens (primary N) is 1. The average Bonchev–Trinajstić information content (AvgIpc) is 2.16. The zero-order valence-electron chi connectivity index (χ0n) is 7.01. The van der Waals surface area contributed by atoms with Crippen molar-refractivity contribution >= 4 is 21.8 Å². The van der Waals surface area contributed by atoms with Gasteiger partial charge >= 0.3 is 0 Å². The van der Waals surface area contributed by atoms with Crippen LogP contribution in [0.5, 0.6) is 0 Å². The lowest BCUT2D eigenvalue weighted by Crippen LogP contribution is -2.14. The molecule has 1 aromatic rings. The maximum atomic E-state index is 12.5. The largest absolute Gasteiger partial charge is 0.364 e. The lowest BCUT2D eigenvalue weighted by Gasteiger charge is -2.06. The molecule has 3 nitrogen and oxygen atoms in total. The van der Waals surface area contributed by atoms with Gasteiger partial charge in [0.2, 0.25) is 0 Å². The van der Waals surface area contributed by atoms with Crippen molar-refractivity contribution in [1.82, 2.24) is 4.98 Å². The second-order valence-corrected chi connectivity index (χ2v) is 3.13. The Morgan fingerprint density at radius 3 is 2.71 bits per heavy atom. The lowest BCUT2D eigenvalue weighted by molar-refractivity contribution is 0.0995. The minimum atomic E-state index is -2.64. The molecule has 14 heavy (non-hydrogen) atoms. The Morgan fingerprint density at radius 1 is 1.64 bits per heavy atom. The summed E-state index contributed by atoms with van der Waals surface area (Å²) in [6.45, 7) is 0. The van der Waals surface area contributed by atoms with Crippen LogP contribution in [0.3, 0.4) is 0 Å². The van der Waals surface area contributed by atoms with E-state index < -0.39 is 12.3 Å². The summed E-state index contributed by atoms with van der Waals surface area (Å²) in [6.07, 6.45) is -1.42. The van der Waals surface area contributed by atoms with Gasteiger partial charge in [-0.15, -0.1) is 0 Å². The van der Waals surface area contributed by atoms with Gasteiger partial charge in [-0.25, -0.2) is 8.78 Å². The van der Waals surface area contributed by atoms with Crippen LogP contribution in [0.4, 0.5) is 8.78 Å². The van der Waals surface area contributed by atoms with E-state index in [9.17, 15) is 13.6 Å². The maximum absolute atomic E-state index is 12.5. The molecule has 0 aliphatic rings. The molecule has 0 aliphatic carbocycles. The molecule has 0 spiro atoms. The van der Waals surface area contributed by atoms with E-state index in [2.05, 4.69) is 20.9 Å². The lowest BCUT2D eigenvalue weighted by atomic mass is 10.1. The first kappa shape index (κ1) is 11.0. The first-order valence-corrected chi connectivity index (χ1v) is 4.81. The molecule has 76 valence electrons. The number of carbonyl (C=O) groups is 1. The average molecular weight is 265 g/mol. The molecule has 1 amide bonds. The van der Waals surface area contributed by atoms with Crippen molar-refractivity contribution in [3.8, 4) is 0 Å². The van der Waals surface area contributed by atoms with Crippen LogP contribution in [0, 0.1) is 0 Å². The smallest absolute Gasteiger partial charge is 0.267 e. The zero-order valence-corrected chi connectivity index (χ0v) is 8.59. The fourth-order valence-corrected chi connectivity index (χ4v) is 1.42. The number of aromatic nitrogens is 1. The van der Waals surface area contributed by atoms with Crippen molar-refractivity contribution in [2.45, 2.75) is 11.8 Å². The SMILES string of the molecule is NC(=O)c1cc(C(F)F)c(CBr)cn1. The highest BCUT2D eigenvalue weighted by Gasteiger charge is 2.15. The predicted molar refractivity (Wildman–Crippen MR) is 50.3 cm³/mol. The van der Waals surface area contributed by atoms with Gasteiger partial charge in [0.1, 0.15) is 5.69 Å². The van der Waals surface area contributed by atoms with E-state index in [1.807, 2.05) is 0 Å². The van der Waals surface area contributed by atoms with Gasteiger partial charge in [0.05, 0.1) is 0 Å². The number of hydrogen-bond donors (Lipinski definition) is 1. The maximum Gasteiger partial charge on any atom is 0.267 e. The number of hydrogen-bond acceptors (Lipinski definition) is 2. The Hall–Kier alpha value is -1.04. The first-order valence-electron chi connectivity index (χ1n) is 3.69. The van der Waals surface area contributed by atoms with Crippen molar-refractivity contribution < 1.29 is 13.6 Å². The van der Waals surface area contributed by atoms with Crippen molar-refractivity contribution in [3.63, 3.8) is 0 Å². The third-order valence-electron chi connectivity index (χ3n) is 1.65. The summed E-state index contributed by atoms with van der Waals surface area (Å²) >= 11 is 3.05. The predicted octanol–water partition coefficient (Wildman–Crippen LogP) is 2.01. The molecule has 0 aromatic carbocycles. The molecule has 0 saturated heterocycles. The third-order valence-corrected chi connectivity index (χ3v) is 2.26. The number of alkyl halides is 3. The number of amides is 1. The Bertz CT molecular complexity index is 357. The van der Waals surface area contributed by atoms with E-state index >= 15 is 0 Å². The highest BCUT2D eigenvalue weighted by atomic mass is 79.9. The second-order valence-electron chi connectivity index (χ2n) is 2.57. The molecular weight excluding hydrogens is 258 g/mol. The fourth-order valence-electron chi connectivity index (χ4n) is 0.949. The van der Waals surface area contributed by atoms with Gasteiger partial charge < -0.3 is 5.73 Å². The molecule has 0 saturated carbocycles. The Labute approximate surface area is 87.4 Å². The Kier molecular flexibility index (Phi) is 3.51. The first-order chi connectivity index (χ1) is 6.56. The molecule has 0 radical (unpaired) electrons. The minimum absolute atomic E-state index is 0.148. The van der Waals surface area contributed by atoms with Crippen LogP contribution in [0.25, 0.3) is 0 Å². The molecular formula is C8H7BrF2N2O. The molecule has 1 rings (SSSR count). The minimum Gasteiger partial charge on any atom is -0.364 e. The Balaban J connectivity index is 3.20. The normalized spacial score (nSPS) is 10.6. The van der Waals surface area contributed by atoms with Gasteiger partial charge in [0, 0.05) is 17.1 Å². The summed E-state index contributed by atoms with van der Waals surface area (Å²) < 4.78 is 24.9. The molecule has 1 heterocycles. The summed E-state index contributed by atoms with van der Waals surface area (Å²) in [6, 6.07) is 1.02. The Morgan fingerprint density at radius 2 is 2.29 bits per heavy atom. The summed E-state index contributed by atoms with van der Waals surface area (Å²) in [5.74, 6) is -0.812. The van der Waals surface area contributed by atoms with Crippen LogP contribution < -0.4 is 5.73 Å². The van der Waals surface area contributed by atoms with Crippen LogP contribution in [0.1, 0.15) is 28.0 Å². The number of rotatable bonds is 3. The van der Waals surface area contributed by atoms with Crippen molar-refractivity contribution in [1.29, 1.82) is 0 Å². The van der Waals surface area contributed by atoms with Gasteiger partial charge in [-0.2, -0.15) is 0 Å². The molecule has 0 bridgehead atoms. The van der Waals surface area contributed by atoms with E-state index in [0.29, 0.717) is 5.56 Å². The van der Waals surface area contributed by atoms with E-state index in [4.69, 9.17) is 5.73 Å². The summed E-state index contributed by atoms with van der Waals surface area (Å²) in [5, 5.41) is 0.263. The number of primary amides is 1. The molecule has 0 unspecified atom stereocenters. The van der Waals surface area contributed by atoms with Crippen molar-refractivity contribution in [2.24, 2.45) is 5.73 Å². The van der Waals surface area contributed by atoms with Gasteiger partial charge in [-0.3, -0.25) is 9.78 Å². The van der Waals surface area contributed by atoms with E-state index in [1.165, 1.54) is 6.20 Å². The van der Waals surface area contributed by atoms with Crippen molar-refractivity contribution in [2.75, 3.05) is 0 Å². The molecule has 0 aliphatic heterocycles. The fraction of sp³-hybridized carbons (Fsp3) is 0.250. The molecule has 1 aromatic heterocycles. The van der Waals surface area contributed by atoms with Crippen LogP contribution in [-0.2, 0) is 5.33 Å². The summed E-state index contributed by atoms with van der Waals surface area (Å²) in [4.78, 5) is 14.3. The molecule has 2 N–H and O–H groups in total. The van der Waals surface area contributed by atoms with E-state index in [0.717, 1.165) is 6.07 Å². The number of carbonyl (C=O) groups excluding carboxylic acids is 1. The van der Waals surface area contributed by atoms with Gasteiger partial charge in [-0.1, -0.05) is 15.9 Å². The van der Waals surface area contributed by atoms with Gasteiger partial charge in [0.15, 0.2) is 0 Å². The number of nitrogens with zero attached hydrogens (tertiary/aromatic N) is 1. The third kappa shape index (κ3) is 2.25. The molecule has 0 fully saturated rings. The van der Waals surface area contributed by atoms with Gasteiger partial charge in [0.25, 0.3) is 12.3 Å². The zero-order chi connectivity index (χ0) is 10.7. The van der Waals surface area contributed by atoms with Crippen LogP contribution >= 0.6 is 15.9 Å². The summed E-state index contributed by atoms with van der Waals surface area (Å²) in [7, 11) is 0. The summed E-state index contributed by atoms with van der Waals surface area (Å²) in [5.41, 5.74) is 4.90. The topological polar surface area (TPSA) is 56.0 Å². The highest BCUT2D eigenvalue weighted by molar-refractivity contribution is 9.08. The monoisotopic (exact) mass is 264 g/mol. The standard InChI is InChI=1S/C8H7BrF2N2O/c9-2-4-3-13-6(8(12)14)1-5(4)7(10)11/h1,3,7H,2H2,(H2,12,14). The molecule has 0 atom stereocenters. The number of halogens is 3. The quantitative estimate of drug-likeness (QED) is 0.850. The molecule has 6 heteroatoms. The highest BCUT2D eigenvalue weighted by Crippen LogP contribution is 2.24.